The predicted octanol–water partition coefficient (Wildman–Crippen LogP) is 2.71. The normalized spacial score (nSPS) is 11.1. The highest BCUT2D eigenvalue weighted by Gasteiger charge is 2.05. The van der Waals surface area contributed by atoms with Crippen molar-refractivity contribution in [1.29, 1.82) is 0 Å². The van der Waals surface area contributed by atoms with Gasteiger partial charge in [-0.05, 0) is 19.4 Å². The Morgan fingerprint density at radius 2 is 2.43 bits per heavy atom. The van der Waals surface area contributed by atoms with E-state index in [2.05, 4.69) is 40.1 Å². The van der Waals surface area contributed by atoms with Crippen LogP contribution in [0.4, 0.5) is 0 Å². The summed E-state index contributed by atoms with van der Waals surface area (Å²) in [6, 6.07) is 0. The number of alkyl halides is 1. The number of hydrogen-bond acceptors (Lipinski definition) is 2. The maximum absolute atomic E-state index is 5.21. The van der Waals surface area contributed by atoms with Crippen LogP contribution in [0.5, 0.6) is 5.75 Å². The molecule has 1 aromatic heterocycles. The highest BCUT2D eigenvalue weighted by atomic mass is 79.9. The molecule has 14 heavy (non-hydrogen) atoms. The van der Waals surface area contributed by atoms with Crippen LogP contribution >= 0.6 is 15.9 Å². The van der Waals surface area contributed by atoms with E-state index in [0.29, 0.717) is 0 Å². The minimum Gasteiger partial charge on any atom is -0.493 e. The van der Waals surface area contributed by atoms with Crippen molar-refractivity contribution < 1.29 is 4.74 Å². The molecule has 3 nitrogen and oxygen atoms in total. The lowest BCUT2D eigenvalue weighted by molar-refractivity contribution is 0.412. The maximum atomic E-state index is 5.21. The molecule has 78 valence electrons. The van der Waals surface area contributed by atoms with E-state index >= 15 is 0 Å². The first-order valence-electron chi connectivity index (χ1n) is 4.65. The molecule has 0 N–H and O–H groups in total. The van der Waals surface area contributed by atoms with Crippen LogP contribution in [-0.4, -0.2) is 22.2 Å². The Labute approximate surface area is 92.9 Å². The lowest BCUT2D eigenvalue weighted by Gasteiger charge is -2.01. The minimum absolute atomic E-state index is 0.831. The van der Waals surface area contributed by atoms with Gasteiger partial charge in [0.25, 0.3) is 0 Å². The van der Waals surface area contributed by atoms with Gasteiger partial charge in [-0.1, -0.05) is 22.0 Å². The number of halogens is 1. The van der Waals surface area contributed by atoms with Crippen molar-refractivity contribution >= 4 is 22.0 Å². The third-order valence-corrected chi connectivity index (χ3v) is 2.37. The third kappa shape index (κ3) is 2.61. The number of hydrogen-bond donors (Lipinski definition) is 0. The SMILES string of the molecule is CCn1ncc(OC)c1/C=C/CCBr. The van der Waals surface area contributed by atoms with Gasteiger partial charge in [0.15, 0.2) is 5.75 Å². The minimum atomic E-state index is 0.831. The summed E-state index contributed by atoms with van der Waals surface area (Å²) >= 11 is 3.38. The molecule has 0 spiro atoms. The Morgan fingerprint density at radius 1 is 1.64 bits per heavy atom. The Kier molecular flexibility index (Phi) is 4.73. The van der Waals surface area contributed by atoms with Gasteiger partial charge in [-0.15, -0.1) is 0 Å². The summed E-state index contributed by atoms with van der Waals surface area (Å²) in [5, 5.41) is 5.19. The summed E-state index contributed by atoms with van der Waals surface area (Å²) in [7, 11) is 1.67. The summed E-state index contributed by atoms with van der Waals surface area (Å²) in [5.41, 5.74) is 1.04. The zero-order valence-corrected chi connectivity index (χ0v) is 10.1. The molecule has 0 aromatic carbocycles. The van der Waals surface area contributed by atoms with Crippen molar-refractivity contribution in [3.05, 3.63) is 18.0 Å². The van der Waals surface area contributed by atoms with Gasteiger partial charge in [0.1, 0.15) is 5.69 Å². The van der Waals surface area contributed by atoms with Crippen LogP contribution in [0.2, 0.25) is 0 Å². The number of rotatable bonds is 5. The molecule has 0 atom stereocenters. The van der Waals surface area contributed by atoms with Crippen LogP contribution in [0.3, 0.4) is 0 Å². The number of methoxy groups -OCH3 is 1. The molecule has 0 unspecified atom stereocenters. The molecule has 0 saturated heterocycles. The summed E-state index contributed by atoms with van der Waals surface area (Å²) in [6.45, 7) is 2.92. The first kappa shape index (κ1) is 11.3. The van der Waals surface area contributed by atoms with Crippen LogP contribution in [-0.2, 0) is 6.54 Å². The standard InChI is InChI=1S/C10H15BrN2O/c1-3-13-9(6-4-5-7-11)10(14-2)8-12-13/h4,6,8H,3,5,7H2,1-2H3/b6-4+. The molecule has 1 aromatic rings. The quantitative estimate of drug-likeness (QED) is 0.760. The van der Waals surface area contributed by atoms with E-state index in [4.69, 9.17) is 4.74 Å². The van der Waals surface area contributed by atoms with Gasteiger partial charge in [-0.3, -0.25) is 4.68 Å². The van der Waals surface area contributed by atoms with Crippen LogP contribution in [0.1, 0.15) is 19.0 Å². The van der Waals surface area contributed by atoms with E-state index in [1.165, 1.54) is 0 Å². The maximum Gasteiger partial charge on any atom is 0.164 e. The monoisotopic (exact) mass is 258 g/mol. The van der Waals surface area contributed by atoms with E-state index in [0.717, 1.165) is 29.7 Å². The summed E-state index contributed by atoms with van der Waals surface area (Å²) in [6.07, 6.45) is 6.92. The van der Waals surface area contributed by atoms with Crippen LogP contribution < -0.4 is 4.74 Å². The average molecular weight is 259 g/mol. The molecule has 0 bridgehead atoms. The molecule has 0 amide bonds. The van der Waals surface area contributed by atoms with Crippen molar-refractivity contribution in [3.8, 4) is 5.75 Å². The fourth-order valence-electron chi connectivity index (χ4n) is 1.21. The molecule has 0 aliphatic rings. The number of allylic oxidation sites excluding steroid dienone is 1. The Bertz CT molecular complexity index is 286. The molecule has 0 radical (unpaired) electrons. The van der Waals surface area contributed by atoms with E-state index in [9.17, 15) is 0 Å². The van der Waals surface area contributed by atoms with Gasteiger partial charge in [0.05, 0.1) is 13.3 Å². The third-order valence-electron chi connectivity index (χ3n) is 1.92. The van der Waals surface area contributed by atoms with Crippen molar-refractivity contribution in [1.82, 2.24) is 9.78 Å². The fraction of sp³-hybridized carbons (Fsp3) is 0.500. The zero-order chi connectivity index (χ0) is 10.4. The lowest BCUT2D eigenvalue weighted by atomic mass is 10.3. The second-order valence-electron chi connectivity index (χ2n) is 2.79. The number of aryl methyl sites for hydroxylation is 1. The molecular formula is C10H15BrN2O. The molecule has 0 aliphatic carbocycles. The Morgan fingerprint density at radius 3 is 3.00 bits per heavy atom. The first-order chi connectivity index (χ1) is 6.83. The van der Waals surface area contributed by atoms with Crippen LogP contribution in [0.15, 0.2) is 12.3 Å². The number of nitrogens with zero attached hydrogens (tertiary/aromatic N) is 2. The highest BCUT2D eigenvalue weighted by molar-refractivity contribution is 9.09. The van der Waals surface area contributed by atoms with Crippen molar-refractivity contribution in [2.24, 2.45) is 0 Å². The molecule has 0 saturated carbocycles. The number of ether oxygens (including phenoxy) is 1. The van der Waals surface area contributed by atoms with Crippen molar-refractivity contribution in [3.63, 3.8) is 0 Å². The molecule has 1 heterocycles. The fourth-order valence-corrected chi connectivity index (χ4v) is 1.48. The highest BCUT2D eigenvalue weighted by Crippen LogP contribution is 2.19. The van der Waals surface area contributed by atoms with Crippen molar-refractivity contribution in [2.45, 2.75) is 19.9 Å². The van der Waals surface area contributed by atoms with E-state index < -0.39 is 0 Å². The average Bonchev–Trinajstić information content (AvgIpc) is 2.60. The van der Waals surface area contributed by atoms with Gasteiger partial charge in [0.2, 0.25) is 0 Å². The van der Waals surface area contributed by atoms with Gasteiger partial charge < -0.3 is 4.74 Å². The second-order valence-corrected chi connectivity index (χ2v) is 3.59. The van der Waals surface area contributed by atoms with Crippen LogP contribution in [0.25, 0.3) is 6.08 Å². The summed E-state index contributed by atoms with van der Waals surface area (Å²) < 4.78 is 7.13. The van der Waals surface area contributed by atoms with Crippen LogP contribution in [0, 0.1) is 0 Å². The van der Waals surface area contributed by atoms with Gasteiger partial charge >= 0.3 is 0 Å². The largest absolute Gasteiger partial charge is 0.493 e. The summed E-state index contributed by atoms with van der Waals surface area (Å²) in [4.78, 5) is 0. The zero-order valence-electron chi connectivity index (χ0n) is 8.53. The molecule has 0 fully saturated rings. The topological polar surface area (TPSA) is 27.1 Å². The number of aromatic nitrogens is 2. The van der Waals surface area contributed by atoms with Gasteiger partial charge in [-0.25, -0.2) is 0 Å². The molecular weight excluding hydrogens is 244 g/mol. The predicted molar refractivity (Wildman–Crippen MR) is 61.9 cm³/mol. The second kappa shape index (κ2) is 5.86. The molecule has 4 heteroatoms. The van der Waals surface area contributed by atoms with E-state index in [1.54, 1.807) is 13.3 Å². The molecule has 1 rings (SSSR count). The van der Waals surface area contributed by atoms with Gasteiger partial charge in [0, 0.05) is 11.9 Å². The van der Waals surface area contributed by atoms with Crippen molar-refractivity contribution in [2.75, 3.05) is 12.4 Å². The Balaban J connectivity index is 2.85. The Hall–Kier alpha value is -0.770. The lowest BCUT2D eigenvalue weighted by Crippen LogP contribution is -1.99. The first-order valence-corrected chi connectivity index (χ1v) is 5.78. The van der Waals surface area contributed by atoms with E-state index in [1.807, 2.05) is 4.68 Å². The molecule has 0 aliphatic heterocycles. The smallest absolute Gasteiger partial charge is 0.164 e. The van der Waals surface area contributed by atoms with E-state index in [-0.39, 0.29) is 0 Å². The van der Waals surface area contributed by atoms with Gasteiger partial charge in [-0.2, -0.15) is 5.10 Å². The summed E-state index contributed by atoms with van der Waals surface area (Å²) in [5.74, 6) is 0.831.